The molecule has 0 aromatic rings. The molecule has 0 spiro atoms. The van der Waals surface area contributed by atoms with Crippen molar-refractivity contribution >= 4 is 0 Å². The third-order valence-corrected chi connectivity index (χ3v) is 7.63. The van der Waals surface area contributed by atoms with Crippen molar-refractivity contribution < 1.29 is 5.11 Å². The molecule has 6 atom stereocenters. The fourth-order valence-corrected chi connectivity index (χ4v) is 6.39. The van der Waals surface area contributed by atoms with Crippen molar-refractivity contribution in [3.05, 3.63) is 24.3 Å². The molecule has 21 heavy (non-hydrogen) atoms. The number of allylic oxidation sites excluding steroid dienone is 3. The largest absolute Gasteiger partial charge is 0.396 e. The zero-order valence-corrected chi connectivity index (χ0v) is 14.1. The van der Waals surface area contributed by atoms with E-state index in [1.54, 1.807) is 0 Å². The highest BCUT2D eigenvalue weighted by molar-refractivity contribution is 5.25. The number of hydrogen-bond acceptors (Lipinski definition) is 1. The summed E-state index contributed by atoms with van der Waals surface area (Å²) in [5.41, 5.74) is 2.05. The maximum atomic E-state index is 10.0. The highest BCUT2D eigenvalue weighted by Crippen LogP contribution is 2.64. The first-order valence-electron chi connectivity index (χ1n) is 8.89. The van der Waals surface area contributed by atoms with Crippen molar-refractivity contribution in [3.8, 4) is 0 Å². The van der Waals surface area contributed by atoms with Crippen LogP contribution in [0.15, 0.2) is 24.3 Å². The summed E-state index contributed by atoms with van der Waals surface area (Å²) in [5.74, 6) is 3.00. The molecule has 0 radical (unpaired) electrons. The van der Waals surface area contributed by atoms with E-state index in [4.69, 9.17) is 0 Å². The van der Waals surface area contributed by atoms with E-state index in [9.17, 15) is 5.11 Å². The smallest absolute Gasteiger partial charge is 0.0487 e. The zero-order chi connectivity index (χ0) is 15.3. The van der Waals surface area contributed by atoms with Crippen LogP contribution in [-0.4, -0.2) is 11.7 Å². The van der Waals surface area contributed by atoms with Gasteiger partial charge in [0, 0.05) is 6.61 Å². The zero-order valence-electron chi connectivity index (χ0n) is 14.1. The Morgan fingerprint density at radius 3 is 2.76 bits per heavy atom. The van der Waals surface area contributed by atoms with E-state index in [0.717, 1.165) is 11.8 Å². The van der Waals surface area contributed by atoms with Gasteiger partial charge in [0.1, 0.15) is 0 Å². The van der Waals surface area contributed by atoms with E-state index in [1.807, 2.05) is 0 Å². The Hall–Kier alpha value is -0.560. The fourth-order valence-electron chi connectivity index (χ4n) is 6.39. The first-order chi connectivity index (χ1) is 9.96. The Labute approximate surface area is 130 Å². The van der Waals surface area contributed by atoms with Gasteiger partial charge in [0.2, 0.25) is 0 Å². The lowest BCUT2D eigenvalue weighted by Crippen LogP contribution is -2.55. The Balaban J connectivity index is 1.95. The van der Waals surface area contributed by atoms with E-state index < -0.39 is 0 Å². The number of fused-ring (bicyclic) bond motifs is 3. The molecule has 0 aromatic heterocycles. The summed E-state index contributed by atoms with van der Waals surface area (Å²) in [6.07, 6.45) is 12.3. The van der Waals surface area contributed by atoms with E-state index in [-0.39, 0.29) is 5.41 Å². The Kier molecular flexibility index (Phi) is 3.84. The van der Waals surface area contributed by atoms with Crippen LogP contribution < -0.4 is 0 Å². The number of aliphatic hydroxyl groups is 1. The van der Waals surface area contributed by atoms with E-state index in [0.29, 0.717) is 23.9 Å². The summed E-state index contributed by atoms with van der Waals surface area (Å²) in [7, 11) is 0. The molecule has 1 heteroatoms. The van der Waals surface area contributed by atoms with Crippen LogP contribution in [0.2, 0.25) is 0 Å². The molecule has 0 unspecified atom stereocenters. The first kappa shape index (κ1) is 15.3. The standard InChI is InChI=1S/C20H32O/c1-5-15-7-9-17-16(14(15)2)8-10-18-19(3,13-21)11-6-12-20(17,18)4/h5,7,14,16-18,21H,1,6,8-13H2,2-4H3/t14-,16-,17-,18-,19-,20+/m0/s1. The number of aliphatic hydroxyl groups excluding tert-OH is 1. The highest BCUT2D eigenvalue weighted by Gasteiger charge is 2.56. The second-order valence-electron chi connectivity index (χ2n) is 8.50. The van der Waals surface area contributed by atoms with Gasteiger partial charge in [0.15, 0.2) is 0 Å². The lowest BCUT2D eigenvalue weighted by Gasteiger charge is -2.61. The van der Waals surface area contributed by atoms with Crippen molar-refractivity contribution in [2.24, 2.45) is 34.5 Å². The second-order valence-corrected chi connectivity index (χ2v) is 8.50. The summed E-state index contributed by atoms with van der Waals surface area (Å²) >= 11 is 0. The molecular formula is C20H32O. The summed E-state index contributed by atoms with van der Waals surface area (Å²) in [6, 6.07) is 0. The van der Waals surface area contributed by atoms with Crippen LogP contribution in [0.4, 0.5) is 0 Å². The van der Waals surface area contributed by atoms with Gasteiger partial charge in [0.25, 0.3) is 0 Å². The van der Waals surface area contributed by atoms with Crippen LogP contribution in [0.5, 0.6) is 0 Å². The molecule has 0 aromatic carbocycles. The molecule has 2 fully saturated rings. The Morgan fingerprint density at radius 1 is 1.33 bits per heavy atom. The summed E-state index contributed by atoms with van der Waals surface area (Å²) < 4.78 is 0. The Morgan fingerprint density at radius 2 is 2.10 bits per heavy atom. The lowest BCUT2D eigenvalue weighted by molar-refractivity contribution is -0.126. The molecule has 2 saturated carbocycles. The molecule has 3 aliphatic carbocycles. The summed E-state index contributed by atoms with van der Waals surface area (Å²) in [6.45, 7) is 11.7. The van der Waals surface area contributed by atoms with E-state index in [1.165, 1.54) is 44.1 Å². The van der Waals surface area contributed by atoms with E-state index in [2.05, 4.69) is 39.5 Å². The van der Waals surface area contributed by atoms with Gasteiger partial charge in [-0.2, -0.15) is 0 Å². The van der Waals surface area contributed by atoms with Gasteiger partial charge in [0.05, 0.1) is 0 Å². The molecule has 3 aliphatic rings. The molecule has 3 rings (SSSR count). The number of hydrogen-bond donors (Lipinski definition) is 1. The molecule has 0 aliphatic heterocycles. The van der Waals surface area contributed by atoms with Gasteiger partial charge in [-0.3, -0.25) is 0 Å². The second kappa shape index (κ2) is 5.26. The minimum absolute atomic E-state index is 0.156. The van der Waals surface area contributed by atoms with Gasteiger partial charge in [-0.15, -0.1) is 0 Å². The molecule has 1 nitrogen and oxygen atoms in total. The fraction of sp³-hybridized carbons (Fsp3) is 0.800. The maximum Gasteiger partial charge on any atom is 0.0487 e. The monoisotopic (exact) mass is 288 g/mol. The molecule has 1 N–H and O–H groups in total. The van der Waals surface area contributed by atoms with Crippen LogP contribution in [-0.2, 0) is 0 Å². The quantitative estimate of drug-likeness (QED) is 0.760. The molecule has 0 saturated heterocycles. The summed E-state index contributed by atoms with van der Waals surface area (Å²) in [4.78, 5) is 0. The van der Waals surface area contributed by atoms with Crippen LogP contribution >= 0.6 is 0 Å². The van der Waals surface area contributed by atoms with Crippen molar-refractivity contribution in [3.63, 3.8) is 0 Å². The van der Waals surface area contributed by atoms with Gasteiger partial charge >= 0.3 is 0 Å². The highest BCUT2D eigenvalue weighted by atomic mass is 16.3. The van der Waals surface area contributed by atoms with Crippen molar-refractivity contribution in [1.29, 1.82) is 0 Å². The van der Waals surface area contributed by atoms with Gasteiger partial charge in [-0.05, 0) is 72.2 Å². The molecule has 0 amide bonds. The Bertz CT molecular complexity index is 451. The molecule has 0 bridgehead atoms. The minimum atomic E-state index is 0.156. The van der Waals surface area contributed by atoms with Gasteiger partial charge in [-0.1, -0.05) is 45.9 Å². The van der Waals surface area contributed by atoms with Crippen LogP contribution in [0.25, 0.3) is 0 Å². The third-order valence-electron chi connectivity index (χ3n) is 7.63. The first-order valence-corrected chi connectivity index (χ1v) is 8.89. The van der Waals surface area contributed by atoms with Crippen LogP contribution in [0.1, 0.15) is 59.3 Å². The SMILES string of the molecule is C=CC1=CC[C@H]2[C@@H](CC[C@H]3[C@](C)(CO)CCC[C@]23C)[C@H]1C. The van der Waals surface area contributed by atoms with Crippen molar-refractivity contribution in [2.75, 3.05) is 6.61 Å². The van der Waals surface area contributed by atoms with Crippen molar-refractivity contribution in [2.45, 2.75) is 59.3 Å². The minimum Gasteiger partial charge on any atom is -0.396 e. The van der Waals surface area contributed by atoms with E-state index >= 15 is 0 Å². The predicted octanol–water partition coefficient (Wildman–Crippen LogP) is 4.97. The predicted molar refractivity (Wildman–Crippen MR) is 88.9 cm³/mol. The van der Waals surface area contributed by atoms with Crippen LogP contribution in [0, 0.1) is 34.5 Å². The maximum absolute atomic E-state index is 10.0. The molecule has 0 heterocycles. The number of rotatable bonds is 2. The average Bonchev–Trinajstić information content (AvgIpc) is 2.48. The van der Waals surface area contributed by atoms with Gasteiger partial charge in [-0.25, -0.2) is 0 Å². The van der Waals surface area contributed by atoms with Crippen LogP contribution in [0.3, 0.4) is 0 Å². The average molecular weight is 288 g/mol. The summed E-state index contributed by atoms with van der Waals surface area (Å²) in [5, 5.41) is 10.0. The normalized spacial score (nSPS) is 49.8. The van der Waals surface area contributed by atoms with Crippen molar-refractivity contribution in [1.82, 2.24) is 0 Å². The third kappa shape index (κ3) is 2.15. The molecule has 118 valence electrons. The lowest BCUT2D eigenvalue weighted by atomic mass is 9.44. The topological polar surface area (TPSA) is 20.2 Å². The molecular weight excluding hydrogens is 256 g/mol. The van der Waals surface area contributed by atoms with Gasteiger partial charge < -0.3 is 5.11 Å².